The lowest BCUT2D eigenvalue weighted by molar-refractivity contribution is 0.590. The normalized spacial score (nSPS) is 13.6. The summed E-state index contributed by atoms with van der Waals surface area (Å²) >= 11 is 1.81. The fourth-order valence-electron chi connectivity index (χ4n) is 12.2. The van der Waals surface area contributed by atoms with Crippen LogP contribution in [0.3, 0.4) is 0 Å². The van der Waals surface area contributed by atoms with Crippen LogP contribution >= 0.6 is 11.3 Å². The molecule has 1 aromatic heterocycles. The summed E-state index contributed by atoms with van der Waals surface area (Å²) in [6.07, 6.45) is 0. The molecule has 2 aliphatic heterocycles. The molecule has 6 heteroatoms. The number of hydrogen-bond acceptors (Lipinski definition) is 4. The lowest BCUT2D eigenvalue weighted by Gasteiger charge is -2.46. The Kier molecular flexibility index (Phi) is 12.1. The van der Waals surface area contributed by atoms with Gasteiger partial charge < -0.3 is 9.80 Å². The number of nitrogens with zero attached hydrogens (tertiary/aromatic N) is 3. The standard InChI is InChI=1S/C71H70BN3SSi/c1-68(2,3)48-30-28-47(29-31-48)67-73-60-46-62-59(45-65(60)76-67)72-58-42-51(71(10,11)12)36-41-61(58)74(52-37-32-49(33-38-52)69(4,5)6)63-43-57(44-64(66(63)72)75(62)53-39-34-50(35-40-53)70(7,8)9)77(54-22-16-13-17-23-54,55-24-18-14-19-25-55)56-26-20-15-21-27-56/h13-46H,1-12H3. The molecule has 0 unspecified atom stereocenters. The smallest absolute Gasteiger partial charge is 0.252 e. The van der Waals surface area contributed by atoms with Gasteiger partial charge in [-0.05, 0) is 136 Å². The molecule has 0 saturated carbocycles. The highest BCUT2D eigenvalue weighted by atomic mass is 32.1. The molecule has 0 aliphatic carbocycles. The van der Waals surface area contributed by atoms with E-state index in [0.717, 1.165) is 27.5 Å². The summed E-state index contributed by atoms with van der Waals surface area (Å²) in [6.45, 7) is 27.7. The molecule has 0 amide bonds. The van der Waals surface area contributed by atoms with Gasteiger partial charge in [0.1, 0.15) is 5.01 Å². The predicted octanol–water partition coefficient (Wildman–Crippen LogP) is 14.6. The van der Waals surface area contributed by atoms with Gasteiger partial charge in [-0.25, -0.2) is 4.98 Å². The Bertz CT molecular complexity index is 3720. The third-order valence-electron chi connectivity index (χ3n) is 16.5. The first-order chi connectivity index (χ1) is 36.7. The van der Waals surface area contributed by atoms with E-state index in [1.54, 1.807) is 0 Å². The van der Waals surface area contributed by atoms with Crippen LogP contribution in [-0.4, -0.2) is 19.8 Å². The zero-order chi connectivity index (χ0) is 53.8. The first-order valence-corrected chi connectivity index (χ1v) is 30.4. The van der Waals surface area contributed by atoms with Gasteiger partial charge in [-0.1, -0.05) is 235 Å². The molecule has 0 spiro atoms. The minimum Gasteiger partial charge on any atom is -0.311 e. The lowest BCUT2D eigenvalue weighted by Crippen LogP contribution is -2.75. The molecule has 0 bridgehead atoms. The summed E-state index contributed by atoms with van der Waals surface area (Å²) < 4.78 is 1.20. The number of anilines is 6. The molecule has 9 aromatic carbocycles. The van der Waals surface area contributed by atoms with Crippen LogP contribution in [0.1, 0.15) is 105 Å². The second-order valence-corrected chi connectivity index (χ2v) is 30.6. The number of aromatic nitrogens is 1. The van der Waals surface area contributed by atoms with Crippen molar-refractivity contribution in [2.45, 2.75) is 105 Å². The van der Waals surface area contributed by atoms with Gasteiger partial charge in [-0.3, -0.25) is 0 Å². The number of benzene rings is 9. The molecule has 0 radical (unpaired) electrons. The van der Waals surface area contributed by atoms with Crippen molar-refractivity contribution in [2.24, 2.45) is 0 Å². The van der Waals surface area contributed by atoms with Gasteiger partial charge in [-0.15, -0.1) is 11.3 Å². The highest BCUT2D eigenvalue weighted by Crippen LogP contribution is 2.46. The Balaban J connectivity index is 1.23. The van der Waals surface area contributed by atoms with Crippen molar-refractivity contribution in [3.63, 3.8) is 0 Å². The van der Waals surface area contributed by atoms with E-state index in [9.17, 15) is 0 Å². The van der Waals surface area contributed by atoms with Crippen molar-refractivity contribution in [2.75, 3.05) is 9.80 Å². The molecule has 3 heterocycles. The van der Waals surface area contributed by atoms with E-state index >= 15 is 0 Å². The number of hydrogen-bond donors (Lipinski definition) is 0. The maximum absolute atomic E-state index is 5.53. The summed E-state index contributed by atoms with van der Waals surface area (Å²) in [6, 6.07) is 79.7. The van der Waals surface area contributed by atoms with Gasteiger partial charge in [0.15, 0.2) is 8.07 Å². The van der Waals surface area contributed by atoms with E-state index in [1.165, 1.54) is 86.8 Å². The van der Waals surface area contributed by atoms with Crippen molar-refractivity contribution in [3.8, 4) is 10.6 Å². The zero-order valence-corrected chi connectivity index (χ0v) is 48.8. The lowest BCUT2D eigenvalue weighted by atomic mass is 9.33. The van der Waals surface area contributed by atoms with Gasteiger partial charge in [0.25, 0.3) is 6.71 Å². The van der Waals surface area contributed by atoms with Crippen molar-refractivity contribution in [1.82, 2.24) is 4.98 Å². The van der Waals surface area contributed by atoms with Crippen LogP contribution in [0.4, 0.5) is 34.1 Å². The van der Waals surface area contributed by atoms with Crippen LogP contribution in [0.2, 0.25) is 0 Å². The van der Waals surface area contributed by atoms with Gasteiger partial charge >= 0.3 is 0 Å². The second kappa shape index (κ2) is 18.5. The summed E-state index contributed by atoms with van der Waals surface area (Å²) in [5.74, 6) is 0. The summed E-state index contributed by atoms with van der Waals surface area (Å²) in [5, 5.41) is 6.40. The average Bonchev–Trinajstić information content (AvgIpc) is 3.95. The minimum absolute atomic E-state index is 0.000847. The fraction of sp³-hybridized carbons (Fsp3) is 0.225. The predicted molar refractivity (Wildman–Crippen MR) is 337 cm³/mol. The molecule has 10 aromatic rings. The maximum atomic E-state index is 5.53. The second-order valence-electron chi connectivity index (χ2n) is 25.7. The van der Waals surface area contributed by atoms with E-state index in [4.69, 9.17) is 4.98 Å². The molecule has 3 nitrogen and oxygen atoms in total. The summed E-state index contributed by atoms with van der Waals surface area (Å²) in [4.78, 5) is 10.8. The van der Waals surface area contributed by atoms with Crippen LogP contribution in [0.5, 0.6) is 0 Å². The molecule has 0 fully saturated rings. The average molecular weight is 1040 g/mol. The number of fused-ring (bicyclic) bond motifs is 5. The van der Waals surface area contributed by atoms with E-state index in [0.29, 0.717) is 0 Å². The number of rotatable bonds is 7. The summed E-state index contributed by atoms with van der Waals surface area (Å²) in [5.41, 5.74) is 18.4. The van der Waals surface area contributed by atoms with Gasteiger partial charge in [0.05, 0.1) is 10.2 Å². The SMILES string of the molecule is CC(C)(C)c1ccc(-c2nc3cc4c(cc3s2)B2c3cc(C(C)(C)C)ccc3N(c3ccc(C(C)(C)C)cc3)c3cc([Si](c5ccccc5)(c5ccccc5)c5ccccc5)cc(c32)N4c2ccc(C(C)(C)C)cc2)cc1. The molecule has 0 saturated heterocycles. The Labute approximate surface area is 463 Å². The van der Waals surface area contributed by atoms with Gasteiger partial charge in [-0.2, -0.15) is 0 Å². The monoisotopic (exact) mass is 1040 g/mol. The van der Waals surface area contributed by atoms with Gasteiger partial charge in [0, 0.05) is 39.7 Å². The quantitative estimate of drug-likeness (QED) is 0.117. The van der Waals surface area contributed by atoms with E-state index in [1.807, 2.05) is 11.3 Å². The summed E-state index contributed by atoms with van der Waals surface area (Å²) in [7, 11) is -3.11. The van der Waals surface area contributed by atoms with Crippen LogP contribution in [-0.2, 0) is 21.7 Å². The molecular weight excluding hydrogens is 966 g/mol. The Morgan fingerprint density at radius 2 is 0.779 bits per heavy atom. The molecule has 0 N–H and O–H groups in total. The Hall–Kier alpha value is -7.25. The largest absolute Gasteiger partial charge is 0.311 e. The molecule has 77 heavy (non-hydrogen) atoms. The van der Waals surface area contributed by atoms with Crippen molar-refractivity contribution in [3.05, 3.63) is 229 Å². The molecule has 12 rings (SSSR count). The Morgan fingerprint density at radius 1 is 0.377 bits per heavy atom. The topological polar surface area (TPSA) is 19.4 Å². The van der Waals surface area contributed by atoms with E-state index in [-0.39, 0.29) is 28.4 Å². The van der Waals surface area contributed by atoms with Crippen LogP contribution in [0, 0.1) is 0 Å². The zero-order valence-electron chi connectivity index (χ0n) is 47.0. The number of thiazole rings is 1. The highest BCUT2D eigenvalue weighted by molar-refractivity contribution is 7.22. The molecule has 382 valence electrons. The Morgan fingerprint density at radius 3 is 1.22 bits per heavy atom. The fourth-order valence-corrected chi connectivity index (χ4v) is 18.0. The van der Waals surface area contributed by atoms with Crippen LogP contribution in [0.15, 0.2) is 206 Å². The minimum atomic E-state index is -3.11. The van der Waals surface area contributed by atoms with E-state index < -0.39 is 8.07 Å². The first kappa shape index (κ1) is 50.6. The van der Waals surface area contributed by atoms with Crippen LogP contribution < -0.4 is 46.9 Å². The maximum Gasteiger partial charge on any atom is 0.252 e. The highest BCUT2D eigenvalue weighted by Gasteiger charge is 2.48. The molecular formula is C71H70BN3SSi. The van der Waals surface area contributed by atoms with Crippen LogP contribution in [0.25, 0.3) is 20.8 Å². The first-order valence-electron chi connectivity index (χ1n) is 27.6. The molecule has 0 atom stereocenters. The third-order valence-corrected chi connectivity index (χ3v) is 22.3. The van der Waals surface area contributed by atoms with Crippen molar-refractivity contribution in [1.29, 1.82) is 0 Å². The van der Waals surface area contributed by atoms with Crippen molar-refractivity contribution >= 4 is 108 Å². The van der Waals surface area contributed by atoms with E-state index in [2.05, 4.69) is 299 Å². The van der Waals surface area contributed by atoms with Gasteiger partial charge in [0.2, 0.25) is 0 Å². The molecule has 2 aliphatic rings. The third kappa shape index (κ3) is 8.69. The van der Waals surface area contributed by atoms with Crippen molar-refractivity contribution < 1.29 is 0 Å².